The van der Waals surface area contributed by atoms with E-state index in [4.69, 9.17) is 0 Å². The van der Waals surface area contributed by atoms with Crippen LogP contribution in [0, 0.1) is 0 Å². The summed E-state index contributed by atoms with van der Waals surface area (Å²) in [6, 6.07) is 20.0. The Hall–Kier alpha value is -3.61. The molecule has 3 unspecified atom stereocenters. The van der Waals surface area contributed by atoms with Gasteiger partial charge in [0.1, 0.15) is 12.2 Å². The second kappa shape index (κ2) is 12.6. The van der Waals surface area contributed by atoms with Gasteiger partial charge < -0.3 is 10.2 Å². The van der Waals surface area contributed by atoms with Crippen molar-refractivity contribution in [3.05, 3.63) is 101 Å². The number of halogens is 6. The second-order valence-electron chi connectivity index (χ2n) is 10.9. The number of piperazine rings is 1. The zero-order chi connectivity index (χ0) is 30.8. The van der Waals surface area contributed by atoms with Crippen molar-refractivity contribution in [1.82, 2.24) is 20.0 Å². The zero-order valence-corrected chi connectivity index (χ0v) is 23.5. The van der Waals surface area contributed by atoms with E-state index in [0.717, 1.165) is 24.3 Å². The molecule has 1 amide bonds. The molecule has 0 radical (unpaired) electrons. The van der Waals surface area contributed by atoms with Gasteiger partial charge in [-0.15, -0.1) is 0 Å². The molecule has 12 heteroatoms. The van der Waals surface area contributed by atoms with Crippen LogP contribution in [0.5, 0.6) is 0 Å². The Morgan fingerprint density at radius 2 is 1.44 bits per heavy atom. The molecule has 2 N–H and O–H groups in total. The first-order valence-corrected chi connectivity index (χ1v) is 14.0. The topological polar surface area (TPSA) is 60.8 Å². The molecule has 230 valence electrons. The lowest BCUT2D eigenvalue weighted by atomic mass is 10.0. The van der Waals surface area contributed by atoms with E-state index < -0.39 is 29.5 Å². The largest absolute Gasteiger partial charge is 0.416 e. The smallest absolute Gasteiger partial charge is 0.367 e. The summed E-state index contributed by atoms with van der Waals surface area (Å²) in [5.41, 5.74) is -1.06. The molecule has 0 spiro atoms. The third kappa shape index (κ3) is 7.67. The number of nitrogens with one attached hydrogen (secondary N) is 2. The minimum absolute atomic E-state index is 0.0421. The minimum Gasteiger partial charge on any atom is -0.367 e. The predicted octanol–water partition coefficient (Wildman–Crippen LogP) is 5.45. The number of benzene rings is 3. The third-order valence-electron chi connectivity index (χ3n) is 7.87. The monoisotopic (exact) mass is 605 g/mol. The van der Waals surface area contributed by atoms with E-state index in [1.807, 2.05) is 60.7 Å². The Morgan fingerprint density at radius 3 is 2.00 bits per heavy atom. The Morgan fingerprint density at radius 1 is 0.884 bits per heavy atom. The summed E-state index contributed by atoms with van der Waals surface area (Å²) in [6.45, 7) is 2.61. The fourth-order valence-corrected chi connectivity index (χ4v) is 5.48. The molecule has 6 nitrogen and oxygen atoms in total. The average molecular weight is 606 g/mol. The Balaban J connectivity index is 1.24. The van der Waals surface area contributed by atoms with E-state index in [2.05, 4.69) is 20.4 Å². The van der Waals surface area contributed by atoms with E-state index in [1.165, 1.54) is 11.9 Å². The molecule has 2 aliphatic rings. The van der Waals surface area contributed by atoms with Gasteiger partial charge in [-0.05, 0) is 47.9 Å². The number of likely N-dealkylation sites (N-methyl/N-ethyl adjacent to an activating group) is 1. The molecular formula is C31H33F6N5O. The van der Waals surface area contributed by atoms with Gasteiger partial charge in [0.2, 0.25) is 5.91 Å². The quantitative estimate of drug-likeness (QED) is 0.251. The highest BCUT2D eigenvalue weighted by atomic mass is 19.4. The average Bonchev–Trinajstić information content (AvgIpc) is 3.75. The minimum atomic E-state index is -4.92. The van der Waals surface area contributed by atoms with Gasteiger partial charge in [0.15, 0.2) is 0 Å². The molecule has 0 saturated carbocycles. The van der Waals surface area contributed by atoms with Crippen LogP contribution in [0.1, 0.15) is 28.3 Å². The number of carbonyl (C=O) groups is 1. The van der Waals surface area contributed by atoms with Crippen molar-refractivity contribution in [1.29, 1.82) is 0 Å². The highest BCUT2D eigenvalue weighted by molar-refractivity contribution is 5.83. The molecule has 0 bridgehead atoms. The number of carbonyl (C=O) groups excluding carboxylic acids is 1. The Kier molecular flexibility index (Phi) is 9.00. The summed E-state index contributed by atoms with van der Waals surface area (Å²) in [7, 11) is 1.53. The van der Waals surface area contributed by atoms with Crippen LogP contribution in [0.4, 0.5) is 32.0 Å². The van der Waals surface area contributed by atoms with Crippen molar-refractivity contribution < 1.29 is 31.1 Å². The van der Waals surface area contributed by atoms with Crippen LogP contribution in [0.25, 0.3) is 0 Å². The molecule has 2 heterocycles. The van der Waals surface area contributed by atoms with E-state index in [-0.39, 0.29) is 42.8 Å². The van der Waals surface area contributed by atoms with Gasteiger partial charge in [-0.1, -0.05) is 48.5 Å². The van der Waals surface area contributed by atoms with Gasteiger partial charge >= 0.3 is 12.4 Å². The lowest BCUT2D eigenvalue weighted by Crippen LogP contribution is -2.52. The SMILES string of the molecule is CN(CCc1cc(C(F)(F)F)cc(C(F)(F)F)c1)C(=O)C(c1ccccc1)N1CCN(C2NC2Nc2ccccc2)CC1. The van der Waals surface area contributed by atoms with Crippen molar-refractivity contribution in [3.8, 4) is 0 Å². The molecule has 2 fully saturated rings. The van der Waals surface area contributed by atoms with Crippen molar-refractivity contribution in [2.24, 2.45) is 0 Å². The number of hydrogen-bond donors (Lipinski definition) is 2. The molecule has 43 heavy (non-hydrogen) atoms. The molecule has 3 aromatic carbocycles. The molecule has 3 atom stereocenters. The van der Waals surface area contributed by atoms with Crippen LogP contribution in [0.3, 0.4) is 0 Å². The first-order valence-electron chi connectivity index (χ1n) is 14.0. The van der Waals surface area contributed by atoms with Crippen LogP contribution < -0.4 is 10.6 Å². The van der Waals surface area contributed by atoms with Gasteiger partial charge in [-0.2, -0.15) is 26.3 Å². The number of amides is 1. The normalized spacial score (nSPS) is 20.4. The number of rotatable bonds is 9. The number of anilines is 1. The lowest BCUT2D eigenvalue weighted by molar-refractivity contribution is -0.143. The Bertz CT molecular complexity index is 1340. The van der Waals surface area contributed by atoms with Crippen molar-refractivity contribution >= 4 is 11.6 Å². The summed E-state index contributed by atoms with van der Waals surface area (Å²) < 4.78 is 79.9. The zero-order valence-electron chi connectivity index (χ0n) is 23.5. The molecule has 2 aliphatic heterocycles. The molecule has 0 aliphatic carbocycles. The molecule has 2 saturated heterocycles. The first kappa shape index (κ1) is 30.8. The Labute approximate surface area is 246 Å². The van der Waals surface area contributed by atoms with E-state index in [9.17, 15) is 31.1 Å². The van der Waals surface area contributed by atoms with Crippen LogP contribution in [-0.4, -0.2) is 72.7 Å². The van der Waals surface area contributed by atoms with Crippen molar-refractivity contribution in [2.45, 2.75) is 37.1 Å². The van der Waals surface area contributed by atoms with Gasteiger partial charge in [0.25, 0.3) is 0 Å². The van der Waals surface area contributed by atoms with Crippen LogP contribution in [0.2, 0.25) is 0 Å². The van der Waals surface area contributed by atoms with Crippen LogP contribution >= 0.6 is 0 Å². The maximum Gasteiger partial charge on any atom is 0.416 e. The van der Waals surface area contributed by atoms with E-state index in [0.29, 0.717) is 25.2 Å². The predicted molar refractivity (Wildman–Crippen MR) is 151 cm³/mol. The van der Waals surface area contributed by atoms with E-state index >= 15 is 0 Å². The number of para-hydroxylation sites is 1. The van der Waals surface area contributed by atoms with Gasteiger partial charge in [0.05, 0.1) is 17.3 Å². The van der Waals surface area contributed by atoms with Crippen molar-refractivity contribution in [2.75, 3.05) is 45.1 Å². The number of alkyl halides is 6. The molecule has 3 aromatic rings. The number of hydrogen-bond acceptors (Lipinski definition) is 5. The summed E-state index contributed by atoms with van der Waals surface area (Å²) in [6.07, 6.45) is -9.71. The molecule has 5 rings (SSSR count). The maximum absolute atomic E-state index is 13.8. The highest BCUT2D eigenvalue weighted by Crippen LogP contribution is 2.36. The lowest BCUT2D eigenvalue weighted by Gasteiger charge is -2.40. The second-order valence-corrected chi connectivity index (χ2v) is 10.9. The molecule has 0 aromatic heterocycles. The van der Waals surface area contributed by atoms with Gasteiger partial charge in [0, 0.05) is 45.5 Å². The highest BCUT2D eigenvalue weighted by Gasteiger charge is 2.43. The van der Waals surface area contributed by atoms with Crippen LogP contribution in [0.15, 0.2) is 78.9 Å². The van der Waals surface area contributed by atoms with Gasteiger partial charge in [-0.25, -0.2) is 0 Å². The summed E-state index contributed by atoms with van der Waals surface area (Å²) in [4.78, 5) is 19.6. The summed E-state index contributed by atoms with van der Waals surface area (Å²) >= 11 is 0. The molecular weight excluding hydrogens is 572 g/mol. The van der Waals surface area contributed by atoms with Gasteiger partial charge in [-0.3, -0.25) is 19.9 Å². The summed E-state index contributed by atoms with van der Waals surface area (Å²) in [5.74, 6) is -0.268. The fourth-order valence-electron chi connectivity index (χ4n) is 5.48. The fraction of sp³-hybridized carbons (Fsp3) is 0.387. The summed E-state index contributed by atoms with van der Waals surface area (Å²) in [5, 5.41) is 6.90. The van der Waals surface area contributed by atoms with E-state index in [1.54, 1.807) is 0 Å². The van der Waals surface area contributed by atoms with Crippen molar-refractivity contribution in [3.63, 3.8) is 0 Å². The maximum atomic E-state index is 13.8. The van der Waals surface area contributed by atoms with Crippen LogP contribution in [-0.2, 0) is 23.6 Å². The number of nitrogens with zero attached hydrogens (tertiary/aromatic N) is 3. The standard InChI is InChI=1S/C31H33F6N5O/c1-40(13-12-21-18-23(30(32,33)34)20-24(19-21)31(35,36)37)29(43)26(22-8-4-2-5-9-22)41-14-16-42(17-15-41)28-27(39-28)38-25-10-6-3-7-11-25/h2-11,18-20,26-28,38-39H,12-17H2,1H3. The first-order chi connectivity index (χ1) is 20.4. The third-order valence-corrected chi connectivity index (χ3v) is 7.87.